The molecule has 0 fully saturated rings. The molecule has 1 aromatic heterocycles. The van der Waals surface area contributed by atoms with Gasteiger partial charge in [0.15, 0.2) is 0 Å². The zero-order chi connectivity index (χ0) is 19.3. The summed E-state index contributed by atoms with van der Waals surface area (Å²) >= 11 is 0. The van der Waals surface area contributed by atoms with Gasteiger partial charge in [-0.1, -0.05) is 54.8 Å². The molecular weight excluding hydrogens is 328 g/mol. The van der Waals surface area contributed by atoms with Gasteiger partial charge in [-0.25, -0.2) is 9.97 Å². The molecule has 27 heavy (non-hydrogen) atoms. The summed E-state index contributed by atoms with van der Waals surface area (Å²) in [5.74, 6) is 1.18. The smallest absolute Gasteiger partial charge is 0.132 e. The van der Waals surface area contributed by atoms with Crippen molar-refractivity contribution in [2.24, 2.45) is 0 Å². The van der Waals surface area contributed by atoms with Gasteiger partial charge in [0.05, 0.1) is 11.2 Å². The van der Waals surface area contributed by atoms with Crippen LogP contribution in [0, 0.1) is 27.7 Å². The zero-order valence-corrected chi connectivity index (χ0v) is 17.0. The summed E-state index contributed by atoms with van der Waals surface area (Å²) in [4.78, 5) is 10.0. The fourth-order valence-corrected chi connectivity index (χ4v) is 4.05. The summed E-state index contributed by atoms with van der Waals surface area (Å²) in [6.45, 7) is 12.9. The molecule has 0 unspecified atom stereocenters. The Bertz CT molecular complexity index is 1170. The molecule has 0 bridgehead atoms. The van der Waals surface area contributed by atoms with E-state index >= 15 is 0 Å². The van der Waals surface area contributed by atoms with Crippen molar-refractivity contribution in [1.82, 2.24) is 9.97 Å². The van der Waals surface area contributed by atoms with Crippen LogP contribution in [0.5, 0.6) is 0 Å². The van der Waals surface area contributed by atoms with Crippen molar-refractivity contribution in [3.05, 3.63) is 70.5 Å². The maximum atomic E-state index is 5.01. The van der Waals surface area contributed by atoms with Crippen molar-refractivity contribution in [3.63, 3.8) is 0 Å². The van der Waals surface area contributed by atoms with Crippen LogP contribution in [0.1, 0.15) is 47.8 Å². The van der Waals surface area contributed by atoms with Crippen LogP contribution in [0.2, 0.25) is 0 Å². The first-order valence-electron chi connectivity index (χ1n) is 9.64. The highest BCUT2D eigenvalue weighted by atomic mass is 14.9. The Morgan fingerprint density at radius 1 is 0.741 bits per heavy atom. The van der Waals surface area contributed by atoms with Gasteiger partial charge in [0.2, 0.25) is 0 Å². The van der Waals surface area contributed by atoms with E-state index in [0.717, 1.165) is 22.4 Å². The van der Waals surface area contributed by atoms with Crippen LogP contribution >= 0.6 is 0 Å². The van der Waals surface area contributed by atoms with Gasteiger partial charge in [-0.3, -0.25) is 0 Å². The molecule has 0 aliphatic heterocycles. The Morgan fingerprint density at radius 2 is 1.41 bits per heavy atom. The predicted octanol–water partition coefficient (Wildman–Crippen LogP) is 6.81. The van der Waals surface area contributed by atoms with E-state index in [1.165, 1.54) is 38.6 Å². The van der Waals surface area contributed by atoms with Gasteiger partial charge in [0, 0.05) is 22.3 Å². The molecule has 0 N–H and O–H groups in total. The Kier molecular flexibility index (Phi) is 4.22. The maximum absolute atomic E-state index is 5.01. The molecule has 4 rings (SSSR count). The topological polar surface area (TPSA) is 25.8 Å². The van der Waals surface area contributed by atoms with Crippen LogP contribution in [0.3, 0.4) is 0 Å². The molecule has 4 aromatic rings. The minimum absolute atomic E-state index is 0.278. The van der Waals surface area contributed by atoms with E-state index in [2.05, 4.69) is 84.0 Å². The van der Waals surface area contributed by atoms with Gasteiger partial charge in [-0.15, -0.1) is 0 Å². The lowest BCUT2D eigenvalue weighted by molar-refractivity contribution is 0.785. The Labute approximate surface area is 161 Å². The van der Waals surface area contributed by atoms with Crippen LogP contribution < -0.4 is 0 Å². The summed E-state index contributed by atoms with van der Waals surface area (Å²) in [5, 5.41) is 3.62. The molecule has 0 aliphatic carbocycles. The van der Waals surface area contributed by atoms with Gasteiger partial charge >= 0.3 is 0 Å². The van der Waals surface area contributed by atoms with Crippen molar-refractivity contribution in [1.29, 1.82) is 0 Å². The second-order valence-corrected chi connectivity index (χ2v) is 8.10. The van der Waals surface area contributed by atoms with Gasteiger partial charge in [0.1, 0.15) is 5.82 Å². The van der Waals surface area contributed by atoms with Gasteiger partial charge in [-0.05, 0) is 56.8 Å². The summed E-state index contributed by atoms with van der Waals surface area (Å²) in [7, 11) is 0. The second kappa shape index (κ2) is 6.45. The molecule has 0 saturated carbocycles. The minimum atomic E-state index is 0.278. The van der Waals surface area contributed by atoms with Crippen LogP contribution in [-0.2, 0) is 0 Å². The molecule has 3 aromatic carbocycles. The fraction of sp³-hybridized carbons (Fsp3) is 0.280. The van der Waals surface area contributed by atoms with E-state index in [4.69, 9.17) is 9.97 Å². The van der Waals surface area contributed by atoms with Crippen molar-refractivity contribution in [2.45, 2.75) is 47.5 Å². The van der Waals surface area contributed by atoms with Crippen molar-refractivity contribution >= 4 is 21.7 Å². The third-order valence-electron chi connectivity index (χ3n) is 5.15. The summed E-state index contributed by atoms with van der Waals surface area (Å²) in [5.41, 5.74) is 8.36. The largest absolute Gasteiger partial charge is 0.232 e. The Balaban J connectivity index is 2.17. The van der Waals surface area contributed by atoms with E-state index < -0.39 is 0 Å². The molecule has 0 saturated heterocycles. The van der Waals surface area contributed by atoms with Crippen molar-refractivity contribution in [3.8, 4) is 11.3 Å². The SMILES string of the molecule is Cc1cc(C)cc(-c2nc(C(C)C)nc3c2ccc2cc(C)cc(C)c23)c1. The summed E-state index contributed by atoms with van der Waals surface area (Å²) in [6, 6.07) is 15.6. The molecule has 0 radical (unpaired) electrons. The third-order valence-corrected chi connectivity index (χ3v) is 5.15. The first-order chi connectivity index (χ1) is 12.8. The normalized spacial score (nSPS) is 11.7. The second-order valence-electron chi connectivity index (χ2n) is 8.10. The standard InChI is InChI=1S/C25H26N2/c1-14(2)25-26-23(20-12-15(3)9-16(4)13-20)21-8-7-19-11-17(5)10-18(6)22(19)24(21)27-25/h7-14H,1-6H3. The minimum Gasteiger partial charge on any atom is -0.232 e. The third kappa shape index (κ3) is 3.10. The van der Waals surface area contributed by atoms with E-state index in [1.807, 2.05) is 0 Å². The first-order valence-corrected chi connectivity index (χ1v) is 9.64. The lowest BCUT2D eigenvalue weighted by Gasteiger charge is -2.15. The summed E-state index contributed by atoms with van der Waals surface area (Å²) < 4.78 is 0. The Hall–Kier alpha value is -2.74. The van der Waals surface area contributed by atoms with Crippen LogP contribution in [0.4, 0.5) is 0 Å². The molecule has 2 nitrogen and oxygen atoms in total. The average molecular weight is 354 g/mol. The molecule has 0 amide bonds. The number of fused-ring (bicyclic) bond motifs is 3. The fourth-order valence-electron chi connectivity index (χ4n) is 4.05. The van der Waals surface area contributed by atoms with Gasteiger partial charge in [0.25, 0.3) is 0 Å². The molecular formula is C25H26N2. The average Bonchev–Trinajstić information content (AvgIpc) is 2.58. The van der Waals surface area contributed by atoms with Crippen LogP contribution in [0.25, 0.3) is 32.9 Å². The Morgan fingerprint density at radius 3 is 2.07 bits per heavy atom. The molecule has 0 atom stereocenters. The molecule has 0 spiro atoms. The van der Waals surface area contributed by atoms with Crippen molar-refractivity contribution in [2.75, 3.05) is 0 Å². The highest BCUT2D eigenvalue weighted by molar-refractivity contribution is 6.10. The highest BCUT2D eigenvalue weighted by Gasteiger charge is 2.16. The first kappa shape index (κ1) is 17.7. The number of rotatable bonds is 2. The molecule has 2 heteroatoms. The van der Waals surface area contributed by atoms with E-state index in [-0.39, 0.29) is 5.92 Å². The van der Waals surface area contributed by atoms with E-state index in [9.17, 15) is 0 Å². The van der Waals surface area contributed by atoms with E-state index in [1.54, 1.807) is 0 Å². The number of hydrogen-bond acceptors (Lipinski definition) is 2. The maximum Gasteiger partial charge on any atom is 0.132 e. The molecule has 1 heterocycles. The number of hydrogen-bond donors (Lipinski definition) is 0. The number of aryl methyl sites for hydroxylation is 4. The lowest BCUT2D eigenvalue weighted by atomic mass is 9.96. The van der Waals surface area contributed by atoms with E-state index in [0.29, 0.717) is 0 Å². The number of nitrogens with zero attached hydrogens (tertiary/aromatic N) is 2. The molecule has 136 valence electrons. The number of benzene rings is 3. The number of aromatic nitrogens is 2. The quantitative estimate of drug-likeness (QED) is 0.370. The highest BCUT2D eigenvalue weighted by Crippen LogP contribution is 2.34. The summed E-state index contributed by atoms with van der Waals surface area (Å²) in [6.07, 6.45) is 0. The van der Waals surface area contributed by atoms with Gasteiger partial charge in [-0.2, -0.15) is 0 Å². The predicted molar refractivity (Wildman–Crippen MR) is 116 cm³/mol. The van der Waals surface area contributed by atoms with Gasteiger partial charge < -0.3 is 0 Å². The molecule has 0 aliphatic rings. The monoisotopic (exact) mass is 354 g/mol. The lowest BCUT2D eigenvalue weighted by Crippen LogP contribution is -2.02. The van der Waals surface area contributed by atoms with Crippen LogP contribution in [0.15, 0.2) is 42.5 Å². The zero-order valence-electron chi connectivity index (χ0n) is 17.0. The van der Waals surface area contributed by atoms with Crippen LogP contribution in [-0.4, -0.2) is 9.97 Å². The van der Waals surface area contributed by atoms with Crippen molar-refractivity contribution < 1.29 is 0 Å².